The molecule has 3 aromatic rings. The van der Waals surface area contributed by atoms with Crippen LogP contribution < -0.4 is 10.3 Å². The number of carbonyl (C=O) groups is 1. The first-order valence-electron chi connectivity index (χ1n) is 11.1. The number of nitrogens with one attached hydrogen (secondary N) is 1. The average molecular weight is 438 g/mol. The molecule has 1 N–H and O–H groups in total. The Morgan fingerprint density at radius 2 is 2.16 bits per heavy atom. The van der Waals surface area contributed by atoms with E-state index in [4.69, 9.17) is 9.72 Å². The lowest BCUT2D eigenvalue weighted by molar-refractivity contribution is -0.131. The van der Waals surface area contributed by atoms with Crippen LogP contribution >= 0.6 is 11.3 Å². The number of nitrogens with zero attached hydrogens (tertiary/aromatic N) is 2. The number of ether oxygens (including phenoxy) is 1. The summed E-state index contributed by atoms with van der Waals surface area (Å²) in [5.74, 6) is 1.66. The quantitative estimate of drug-likeness (QED) is 0.673. The molecule has 1 atom stereocenters. The molecule has 1 aliphatic heterocycles. The second kappa shape index (κ2) is 8.46. The van der Waals surface area contributed by atoms with E-state index in [1.807, 2.05) is 29.2 Å². The van der Waals surface area contributed by atoms with E-state index < -0.39 is 0 Å². The lowest BCUT2D eigenvalue weighted by Gasteiger charge is -2.32. The van der Waals surface area contributed by atoms with Gasteiger partial charge in [-0.1, -0.05) is 12.1 Å². The van der Waals surface area contributed by atoms with E-state index in [1.54, 1.807) is 18.4 Å². The van der Waals surface area contributed by atoms with Crippen molar-refractivity contribution in [2.24, 2.45) is 0 Å². The molecular formula is C24H27N3O3S. The van der Waals surface area contributed by atoms with Crippen molar-refractivity contribution >= 4 is 27.5 Å². The van der Waals surface area contributed by atoms with Gasteiger partial charge in [-0.25, -0.2) is 4.98 Å². The van der Waals surface area contributed by atoms with Crippen LogP contribution in [0.5, 0.6) is 5.75 Å². The molecule has 31 heavy (non-hydrogen) atoms. The zero-order chi connectivity index (χ0) is 21.4. The van der Waals surface area contributed by atoms with Crippen LogP contribution in [0, 0.1) is 0 Å². The van der Waals surface area contributed by atoms with Crippen molar-refractivity contribution in [2.75, 3.05) is 20.2 Å². The number of methoxy groups -OCH3 is 1. The van der Waals surface area contributed by atoms with Crippen LogP contribution in [0.25, 0.3) is 10.2 Å². The van der Waals surface area contributed by atoms with Crippen LogP contribution in [0.4, 0.5) is 0 Å². The number of aryl methyl sites for hydroxylation is 2. The van der Waals surface area contributed by atoms with Crippen molar-refractivity contribution in [3.8, 4) is 5.75 Å². The second-order valence-corrected chi connectivity index (χ2v) is 9.63. The zero-order valence-electron chi connectivity index (χ0n) is 17.8. The van der Waals surface area contributed by atoms with Gasteiger partial charge in [0, 0.05) is 23.9 Å². The van der Waals surface area contributed by atoms with Crippen LogP contribution in [0.1, 0.15) is 53.4 Å². The first-order valence-corrected chi connectivity index (χ1v) is 11.9. The highest BCUT2D eigenvalue weighted by atomic mass is 32.1. The summed E-state index contributed by atoms with van der Waals surface area (Å²) in [6, 6.07) is 7.65. The van der Waals surface area contributed by atoms with Crippen LogP contribution in [0.15, 0.2) is 29.1 Å². The third-order valence-electron chi connectivity index (χ3n) is 6.49. The first kappa shape index (κ1) is 20.2. The number of hydrogen-bond acceptors (Lipinski definition) is 5. The highest BCUT2D eigenvalue weighted by Crippen LogP contribution is 2.34. The maximum atomic E-state index is 13.0. The number of H-pyrrole nitrogens is 1. The fraction of sp³-hybridized carbons (Fsp3) is 0.458. The van der Waals surface area contributed by atoms with Crippen molar-refractivity contribution in [1.82, 2.24) is 14.9 Å². The number of thiophene rings is 1. The Kier molecular flexibility index (Phi) is 5.52. The topological polar surface area (TPSA) is 75.3 Å². The molecule has 5 rings (SSSR count). The molecule has 0 saturated carbocycles. The van der Waals surface area contributed by atoms with Gasteiger partial charge in [0.15, 0.2) is 0 Å². The Labute approximate surface area is 185 Å². The van der Waals surface area contributed by atoms with Gasteiger partial charge in [0.1, 0.15) is 16.4 Å². The fourth-order valence-corrected chi connectivity index (χ4v) is 6.14. The fourth-order valence-electron chi connectivity index (χ4n) is 4.87. The van der Waals surface area contributed by atoms with E-state index in [0.29, 0.717) is 13.0 Å². The minimum absolute atomic E-state index is 0.0146. The maximum absolute atomic E-state index is 13.0. The number of likely N-dealkylation sites (tertiary alicyclic amines) is 1. The van der Waals surface area contributed by atoms with Gasteiger partial charge in [-0.15, -0.1) is 11.3 Å². The van der Waals surface area contributed by atoms with Gasteiger partial charge in [0.05, 0.1) is 18.9 Å². The number of amides is 1. The predicted molar refractivity (Wildman–Crippen MR) is 122 cm³/mol. The van der Waals surface area contributed by atoms with Crippen molar-refractivity contribution in [3.63, 3.8) is 0 Å². The summed E-state index contributed by atoms with van der Waals surface area (Å²) in [6.07, 6.45) is 6.57. The van der Waals surface area contributed by atoms with E-state index in [1.165, 1.54) is 16.9 Å². The summed E-state index contributed by atoms with van der Waals surface area (Å²) in [5, 5.41) is 0.796. The first-order chi connectivity index (χ1) is 15.1. The van der Waals surface area contributed by atoms with E-state index in [0.717, 1.165) is 66.0 Å². The molecule has 0 unspecified atom stereocenters. The van der Waals surface area contributed by atoms with Crippen molar-refractivity contribution in [3.05, 3.63) is 56.4 Å². The van der Waals surface area contributed by atoms with E-state index in [2.05, 4.69) is 4.98 Å². The molecule has 1 amide bonds. The largest absolute Gasteiger partial charge is 0.497 e. The SMILES string of the molecule is COc1cccc(CC(=O)N2CCC[C@H](c3nc4sc5c(c4c(=O)[nH]3)CCCC5)C2)c1. The number of benzene rings is 1. The zero-order valence-corrected chi connectivity index (χ0v) is 18.6. The van der Waals surface area contributed by atoms with Gasteiger partial charge >= 0.3 is 0 Å². The average Bonchev–Trinajstić information content (AvgIpc) is 3.18. The Morgan fingerprint density at radius 3 is 3.03 bits per heavy atom. The summed E-state index contributed by atoms with van der Waals surface area (Å²) in [4.78, 5) is 37.9. The third kappa shape index (κ3) is 3.99. The molecule has 6 nitrogen and oxygen atoms in total. The molecule has 7 heteroatoms. The highest BCUT2D eigenvalue weighted by molar-refractivity contribution is 7.18. The molecule has 1 aromatic carbocycles. The number of hydrogen-bond donors (Lipinski definition) is 1. The smallest absolute Gasteiger partial charge is 0.259 e. The van der Waals surface area contributed by atoms with Crippen LogP contribution in [0.3, 0.4) is 0 Å². The van der Waals surface area contributed by atoms with Gasteiger partial charge in [0.25, 0.3) is 5.56 Å². The van der Waals surface area contributed by atoms with Crippen LogP contribution in [0.2, 0.25) is 0 Å². The standard InChI is InChI=1S/C24H27N3O3S/c1-30-17-8-4-6-15(12-17)13-20(28)27-11-5-7-16(14-27)22-25-23(29)21-18-9-2-3-10-19(18)31-24(21)26-22/h4,6,8,12,16H,2-3,5,7,9-11,13-14H2,1H3,(H,25,26,29)/t16-/m0/s1. The van der Waals surface area contributed by atoms with Gasteiger partial charge in [-0.3, -0.25) is 9.59 Å². The summed E-state index contributed by atoms with van der Waals surface area (Å²) < 4.78 is 5.27. The molecular weight excluding hydrogens is 410 g/mol. The molecule has 3 heterocycles. The monoisotopic (exact) mass is 437 g/mol. The van der Waals surface area contributed by atoms with Crippen LogP contribution in [-0.4, -0.2) is 41.0 Å². The Bertz CT molecular complexity index is 1180. The number of rotatable bonds is 4. The molecule has 1 fully saturated rings. The molecule has 1 saturated heterocycles. The number of fused-ring (bicyclic) bond motifs is 3. The summed E-state index contributed by atoms with van der Waals surface area (Å²) in [7, 11) is 1.63. The number of aromatic nitrogens is 2. The van der Waals surface area contributed by atoms with Crippen molar-refractivity contribution in [1.29, 1.82) is 0 Å². The minimum Gasteiger partial charge on any atom is -0.497 e. The summed E-state index contributed by atoms with van der Waals surface area (Å²) >= 11 is 1.68. The van der Waals surface area contributed by atoms with Crippen molar-refractivity contribution in [2.45, 2.75) is 50.9 Å². The molecule has 2 aromatic heterocycles. The maximum Gasteiger partial charge on any atom is 0.259 e. The van der Waals surface area contributed by atoms with Crippen molar-refractivity contribution < 1.29 is 9.53 Å². The number of aromatic amines is 1. The van der Waals surface area contributed by atoms with Gasteiger partial charge in [-0.05, 0) is 61.8 Å². The molecule has 0 radical (unpaired) electrons. The van der Waals surface area contributed by atoms with Gasteiger partial charge < -0.3 is 14.6 Å². The number of carbonyl (C=O) groups excluding carboxylic acids is 1. The Morgan fingerprint density at radius 1 is 1.29 bits per heavy atom. The Hall–Kier alpha value is -2.67. The van der Waals surface area contributed by atoms with Gasteiger partial charge in [0.2, 0.25) is 5.91 Å². The second-order valence-electron chi connectivity index (χ2n) is 8.55. The van der Waals surface area contributed by atoms with E-state index in [9.17, 15) is 9.59 Å². The molecule has 162 valence electrons. The van der Waals surface area contributed by atoms with E-state index in [-0.39, 0.29) is 17.4 Å². The highest BCUT2D eigenvalue weighted by Gasteiger charge is 2.28. The lowest BCUT2D eigenvalue weighted by atomic mass is 9.95. The molecule has 2 aliphatic rings. The van der Waals surface area contributed by atoms with Crippen LogP contribution in [-0.2, 0) is 24.1 Å². The summed E-state index contributed by atoms with van der Waals surface area (Å²) in [5.41, 5.74) is 2.15. The molecule has 0 spiro atoms. The molecule has 1 aliphatic carbocycles. The third-order valence-corrected chi connectivity index (χ3v) is 7.68. The normalized spacial score (nSPS) is 18.7. The predicted octanol–water partition coefficient (Wildman–Crippen LogP) is 3.82. The Balaban J connectivity index is 1.35. The number of piperidine rings is 1. The minimum atomic E-state index is -0.0146. The summed E-state index contributed by atoms with van der Waals surface area (Å²) in [6.45, 7) is 1.35. The lowest BCUT2D eigenvalue weighted by Crippen LogP contribution is -2.40. The van der Waals surface area contributed by atoms with Gasteiger partial charge in [-0.2, -0.15) is 0 Å². The molecule has 0 bridgehead atoms. The van der Waals surface area contributed by atoms with E-state index >= 15 is 0 Å².